The Morgan fingerprint density at radius 3 is 1.81 bits per heavy atom. The number of halogens is 8. The van der Waals surface area contributed by atoms with E-state index in [2.05, 4.69) is 4.74 Å². The molecular weight excluding hydrogens is 252 g/mol. The Morgan fingerprint density at radius 1 is 1.06 bits per heavy atom. The molecule has 1 aliphatic heterocycles. The van der Waals surface area contributed by atoms with Crippen LogP contribution in [0.3, 0.4) is 0 Å². The highest BCUT2D eigenvalue weighted by Gasteiger charge is 2.76. The molecule has 1 heterocycles. The van der Waals surface area contributed by atoms with E-state index in [0.29, 0.717) is 0 Å². The average Bonchev–Trinajstić information content (AvgIpc) is 2.85. The second-order valence-corrected chi connectivity index (χ2v) is 3.35. The summed E-state index contributed by atoms with van der Waals surface area (Å²) in [5.74, 6) is -12.2. The molecule has 1 saturated heterocycles. The van der Waals surface area contributed by atoms with Gasteiger partial charge >= 0.3 is 18.0 Å². The monoisotopic (exact) mass is 258 g/mol. The highest BCUT2D eigenvalue weighted by molar-refractivity contribution is 4.97. The molecule has 0 bridgehead atoms. The molecule has 1 nitrogen and oxygen atoms in total. The minimum Gasteiger partial charge on any atom is -0.373 e. The highest BCUT2D eigenvalue weighted by Crippen LogP contribution is 2.49. The normalized spacial score (nSPS) is 24.4. The van der Waals surface area contributed by atoms with Crippen molar-refractivity contribution in [3.63, 3.8) is 0 Å². The summed E-state index contributed by atoms with van der Waals surface area (Å²) in [4.78, 5) is 0. The Hall–Kier alpha value is -0.600. The summed E-state index contributed by atoms with van der Waals surface area (Å²) in [6.45, 7) is -0.117. The van der Waals surface area contributed by atoms with E-state index in [9.17, 15) is 35.1 Å². The molecular formula is C7H6F8O. The minimum atomic E-state index is -6.49. The predicted octanol–water partition coefficient (Wildman–Crippen LogP) is 2.95. The largest absolute Gasteiger partial charge is 0.459 e. The first-order chi connectivity index (χ1) is 7.00. The van der Waals surface area contributed by atoms with Gasteiger partial charge in [-0.1, -0.05) is 0 Å². The average molecular weight is 258 g/mol. The van der Waals surface area contributed by atoms with Crippen molar-refractivity contribution in [1.29, 1.82) is 0 Å². The van der Waals surface area contributed by atoms with Crippen molar-refractivity contribution in [2.45, 2.75) is 36.7 Å². The molecule has 1 aliphatic rings. The van der Waals surface area contributed by atoms with Gasteiger partial charge in [0.2, 0.25) is 0 Å². The molecule has 2 atom stereocenters. The first-order valence-electron chi connectivity index (χ1n) is 4.08. The second-order valence-electron chi connectivity index (χ2n) is 3.35. The van der Waals surface area contributed by atoms with Gasteiger partial charge in [0, 0.05) is 6.42 Å². The Kier molecular flexibility index (Phi) is 3.12. The number of epoxide rings is 1. The second kappa shape index (κ2) is 3.71. The molecule has 2 unspecified atom stereocenters. The Bertz CT molecular complexity index is 256. The van der Waals surface area contributed by atoms with Crippen LogP contribution in [-0.4, -0.2) is 36.9 Å². The lowest BCUT2D eigenvalue weighted by molar-refractivity contribution is -0.366. The maximum atomic E-state index is 12.7. The third-order valence-corrected chi connectivity index (χ3v) is 2.04. The third kappa shape index (κ3) is 2.23. The fourth-order valence-electron chi connectivity index (χ4n) is 0.969. The number of hydrogen-bond donors (Lipinski definition) is 0. The van der Waals surface area contributed by atoms with Crippen LogP contribution in [-0.2, 0) is 4.74 Å². The topological polar surface area (TPSA) is 12.5 Å². The number of ether oxygens (including phenoxy) is 1. The molecule has 0 aromatic rings. The van der Waals surface area contributed by atoms with Crippen LogP contribution in [0.25, 0.3) is 0 Å². The van der Waals surface area contributed by atoms with Gasteiger partial charge in [0.05, 0.1) is 12.7 Å². The lowest BCUT2D eigenvalue weighted by Crippen LogP contribution is -2.56. The van der Waals surface area contributed by atoms with Gasteiger partial charge < -0.3 is 4.74 Å². The fourth-order valence-corrected chi connectivity index (χ4v) is 0.969. The molecule has 1 fully saturated rings. The Labute approximate surface area is 84.4 Å². The van der Waals surface area contributed by atoms with Gasteiger partial charge in [0.15, 0.2) is 6.17 Å². The predicted molar refractivity (Wildman–Crippen MR) is 35.2 cm³/mol. The van der Waals surface area contributed by atoms with Gasteiger partial charge in [-0.2, -0.15) is 30.7 Å². The summed E-state index contributed by atoms with van der Waals surface area (Å²) < 4.78 is 102. The molecule has 1 rings (SSSR count). The highest BCUT2D eigenvalue weighted by atomic mass is 19.4. The van der Waals surface area contributed by atoms with Crippen LogP contribution in [0, 0.1) is 0 Å². The first-order valence-corrected chi connectivity index (χ1v) is 4.08. The molecule has 9 heteroatoms. The van der Waals surface area contributed by atoms with Crippen molar-refractivity contribution < 1.29 is 39.9 Å². The van der Waals surface area contributed by atoms with Crippen molar-refractivity contribution in [3.05, 3.63) is 0 Å². The van der Waals surface area contributed by atoms with Crippen LogP contribution >= 0.6 is 0 Å². The van der Waals surface area contributed by atoms with Crippen molar-refractivity contribution >= 4 is 0 Å². The van der Waals surface area contributed by atoms with Crippen molar-refractivity contribution in [3.8, 4) is 0 Å². The quantitative estimate of drug-likeness (QED) is 0.558. The van der Waals surface area contributed by atoms with Crippen LogP contribution < -0.4 is 0 Å². The zero-order chi connectivity index (χ0) is 12.8. The zero-order valence-electron chi connectivity index (χ0n) is 7.50. The molecule has 0 aliphatic carbocycles. The maximum Gasteiger partial charge on any atom is 0.459 e. The van der Waals surface area contributed by atoms with Crippen LogP contribution in [0.5, 0.6) is 0 Å². The van der Waals surface area contributed by atoms with E-state index in [1.165, 1.54) is 0 Å². The first kappa shape index (κ1) is 13.5. The van der Waals surface area contributed by atoms with Crippen LogP contribution in [0.2, 0.25) is 0 Å². The SMILES string of the molecule is FC(CC1CO1)C(F)(F)C(F)(F)C(F)(F)F. The van der Waals surface area contributed by atoms with Gasteiger partial charge in [-0.15, -0.1) is 0 Å². The van der Waals surface area contributed by atoms with E-state index in [1.807, 2.05) is 0 Å². The smallest absolute Gasteiger partial charge is 0.373 e. The number of rotatable bonds is 4. The molecule has 0 N–H and O–H groups in total. The van der Waals surface area contributed by atoms with Gasteiger partial charge in [-0.3, -0.25) is 0 Å². The Morgan fingerprint density at radius 2 is 1.50 bits per heavy atom. The lowest BCUT2D eigenvalue weighted by atomic mass is 10.0. The van der Waals surface area contributed by atoms with Gasteiger partial charge in [0.25, 0.3) is 0 Å². The van der Waals surface area contributed by atoms with Crippen molar-refractivity contribution in [1.82, 2.24) is 0 Å². The molecule has 0 radical (unpaired) electrons. The summed E-state index contributed by atoms with van der Waals surface area (Å²) in [7, 11) is 0. The van der Waals surface area contributed by atoms with E-state index in [-0.39, 0.29) is 6.61 Å². The molecule has 0 amide bonds. The van der Waals surface area contributed by atoms with Gasteiger partial charge in [-0.05, 0) is 0 Å². The molecule has 0 saturated carbocycles. The van der Waals surface area contributed by atoms with Gasteiger partial charge in [0.1, 0.15) is 0 Å². The van der Waals surface area contributed by atoms with E-state index >= 15 is 0 Å². The summed E-state index contributed by atoms with van der Waals surface area (Å²) in [5.41, 5.74) is 0. The van der Waals surface area contributed by atoms with Crippen LogP contribution in [0.15, 0.2) is 0 Å². The van der Waals surface area contributed by atoms with Gasteiger partial charge in [-0.25, -0.2) is 4.39 Å². The molecule has 96 valence electrons. The van der Waals surface area contributed by atoms with E-state index in [4.69, 9.17) is 0 Å². The van der Waals surface area contributed by atoms with Crippen LogP contribution in [0.4, 0.5) is 35.1 Å². The van der Waals surface area contributed by atoms with Crippen molar-refractivity contribution in [2.24, 2.45) is 0 Å². The maximum absolute atomic E-state index is 12.7. The lowest BCUT2D eigenvalue weighted by Gasteiger charge is -2.30. The minimum absolute atomic E-state index is 0.117. The number of hydrogen-bond acceptors (Lipinski definition) is 1. The van der Waals surface area contributed by atoms with E-state index < -0.39 is 36.7 Å². The summed E-state index contributed by atoms with van der Waals surface area (Å²) in [6, 6.07) is 0. The third-order valence-electron chi connectivity index (χ3n) is 2.04. The Balaban J connectivity index is 2.80. The summed E-state index contributed by atoms with van der Waals surface area (Å²) in [6.07, 6.45) is -12.3. The molecule has 0 aromatic heterocycles. The fraction of sp³-hybridized carbons (Fsp3) is 1.00. The zero-order valence-corrected chi connectivity index (χ0v) is 7.50. The molecule has 0 aromatic carbocycles. The van der Waals surface area contributed by atoms with Crippen LogP contribution in [0.1, 0.15) is 6.42 Å². The molecule has 16 heavy (non-hydrogen) atoms. The van der Waals surface area contributed by atoms with Crippen molar-refractivity contribution in [2.75, 3.05) is 6.61 Å². The standard InChI is InChI=1S/C7H6F8O/c8-4(1-3-2-16-3)5(9,10)6(11,12)7(13,14)15/h3-4H,1-2H2. The van der Waals surface area contributed by atoms with E-state index in [0.717, 1.165) is 0 Å². The number of alkyl halides is 8. The van der Waals surface area contributed by atoms with E-state index in [1.54, 1.807) is 0 Å². The summed E-state index contributed by atoms with van der Waals surface area (Å²) in [5, 5.41) is 0. The summed E-state index contributed by atoms with van der Waals surface area (Å²) >= 11 is 0. The molecule has 0 spiro atoms.